The lowest BCUT2D eigenvalue weighted by atomic mass is 10.2. The Hall–Kier alpha value is -2.05. The van der Waals surface area contributed by atoms with Crippen LogP contribution in [0.2, 0.25) is 0 Å². The van der Waals surface area contributed by atoms with Crippen molar-refractivity contribution in [1.82, 2.24) is 9.71 Å². The summed E-state index contributed by atoms with van der Waals surface area (Å²) in [6.45, 7) is 0.195. The van der Waals surface area contributed by atoms with Crippen LogP contribution in [0.5, 0.6) is 0 Å². The monoisotopic (exact) mass is 276 g/mol. The minimum Gasteiger partial charge on any atom is -0.298 e. The fraction of sp³-hybridized carbons (Fsp3) is 0.0769. The van der Waals surface area contributed by atoms with Crippen molar-refractivity contribution in [1.29, 1.82) is 0 Å². The molecule has 1 aromatic heterocycles. The molecule has 98 valence electrons. The number of nitrogens with zero attached hydrogens (tertiary/aromatic N) is 1. The number of nitrogens with one attached hydrogen (secondary N) is 1. The Morgan fingerprint density at radius 3 is 2.26 bits per heavy atom. The minimum atomic E-state index is -3.57. The van der Waals surface area contributed by atoms with E-state index in [1.807, 2.05) is 0 Å². The summed E-state index contributed by atoms with van der Waals surface area (Å²) in [7, 11) is -3.57. The van der Waals surface area contributed by atoms with Crippen LogP contribution in [0, 0.1) is 0 Å². The van der Waals surface area contributed by atoms with Crippen molar-refractivity contribution in [3.8, 4) is 0 Å². The molecule has 1 heterocycles. The van der Waals surface area contributed by atoms with Crippen molar-refractivity contribution in [3.05, 3.63) is 59.9 Å². The Morgan fingerprint density at radius 1 is 1.05 bits per heavy atom. The molecule has 19 heavy (non-hydrogen) atoms. The molecule has 0 aliphatic carbocycles. The first-order valence-electron chi connectivity index (χ1n) is 5.55. The molecule has 2 aromatic rings. The molecule has 1 N–H and O–H groups in total. The van der Waals surface area contributed by atoms with E-state index in [2.05, 4.69) is 9.71 Å². The Kier molecular flexibility index (Phi) is 4.03. The van der Waals surface area contributed by atoms with E-state index in [0.29, 0.717) is 11.8 Å². The van der Waals surface area contributed by atoms with Crippen LogP contribution in [0.3, 0.4) is 0 Å². The number of carbonyl (C=O) groups is 1. The molecule has 0 atom stereocenters. The molecule has 0 amide bonds. The van der Waals surface area contributed by atoms with E-state index in [4.69, 9.17) is 0 Å². The third kappa shape index (κ3) is 3.46. The molecular formula is C13H12N2O3S. The van der Waals surface area contributed by atoms with Crippen LogP contribution in [0.4, 0.5) is 0 Å². The standard InChI is InChI=1S/C13H12N2O3S/c16-10-12-1-3-13(4-2-12)19(17,18)15-9-11-5-7-14-8-6-11/h1-8,10,15H,9H2. The average molecular weight is 276 g/mol. The summed E-state index contributed by atoms with van der Waals surface area (Å²) in [5, 5.41) is 0. The van der Waals surface area contributed by atoms with Crippen molar-refractivity contribution >= 4 is 16.3 Å². The Morgan fingerprint density at radius 2 is 1.68 bits per heavy atom. The lowest BCUT2D eigenvalue weighted by Gasteiger charge is -2.06. The molecule has 0 saturated heterocycles. The van der Waals surface area contributed by atoms with Gasteiger partial charge in [0, 0.05) is 24.5 Å². The topological polar surface area (TPSA) is 76.1 Å². The third-order valence-corrected chi connectivity index (χ3v) is 3.96. The highest BCUT2D eigenvalue weighted by Gasteiger charge is 2.13. The molecule has 1 aromatic carbocycles. The van der Waals surface area contributed by atoms with Gasteiger partial charge >= 0.3 is 0 Å². The molecule has 2 rings (SSSR count). The third-order valence-electron chi connectivity index (χ3n) is 2.54. The van der Waals surface area contributed by atoms with Gasteiger partial charge in [0.2, 0.25) is 10.0 Å². The second-order valence-corrected chi connectivity index (χ2v) is 5.63. The van der Waals surface area contributed by atoms with Crippen LogP contribution in [0.15, 0.2) is 53.7 Å². The highest BCUT2D eigenvalue weighted by molar-refractivity contribution is 7.89. The Bertz CT molecular complexity index is 652. The molecule has 0 radical (unpaired) electrons. The van der Waals surface area contributed by atoms with E-state index in [-0.39, 0.29) is 11.4 Å². The molecular weight excluding hydrogens is 264 g/mol. The molecule has 0 aliphatic rings. The van der Waals surface area contributed by atoms with Gasteiger partial charge in [0.25, 0.3) is 0 Å². The zero-order valence-electron chi connectivity index (χ0n) is 9.98. The first-order valence-corrected chi connectivity index (χ1v) is 7.04. The Balaban J connectivity index is 2.11. The number of rotatable bonds is 5. The summed E-state index contributed by atoms with van der Waals surface area (Å²) in [6, 6.07) is 9.20. The maximum atomic E-state index is 12.0. The van der Waals surface area contributed by atoms with Crippen molar-refractivity contribution in [2.45, 2.75) is 11.4 Å². The van der Waals surface area contributed by atoms with E-state index in [1.165, 1.54) is 24.3 Å². The number of hydrogen-bond acceptors (Lipinski definition) is 4. The second kappa shape index (κ2) is 5.73. The van der Waals surface area contributed by atoms with Gasteiger partial charge in [-0.15, -0.1) is 0 Å². The van der Waals surface area contributed by atoms with Crippen LogP contribution in [-0.2, 0) is 16.6 Å². The van der Waals surface area contributed by atoms with E-state index in [1.54, 1.807) is 24.5 Å². The van der Waals surface area contributed by atoms with Crippen LogP contribution < -0.4 is 4.72 Å². The zero-order valence-corrected chi connectivity index (χ0v) is 10.8. The van der Waals surface area contributed by atoms with E-state index < -0.39 is 10.0 Å². The predicted molar refractivity (Wildman–Crippen MR) is 70.1 cm³/mol. The van der Waals surface area contributed by atoms with Gasteiger partial charge in [-0.25, -0.2) is 13.1 Å². The summed E-state index contributed by atoms with van der Waals surface area (Å²) in [6.07, 6.45) is 3.87. The molecule has 6 heteroatoms. The first-order chi connectivity index (χ1) is 9.12. The SMILES string of the molecule is O=Cc1ccc(S(=O)(=O)NCc2ccncc2)cc1. The van der Waals surface area contributed by atoms with Crippen LogP contribution in [-0.4, -0.2) is 19.7 Å². The molecule has 5 nitrogen and oxygen atoms in total. The number of aldehydes is 1. The van der Waals surface area contributed by atoms with Gasteiger partial charge in [-0.05, 0) is 29.8 Å². The number of sulfonamides is 1. The van der Waals surface area contributed by atoms with Gasteiger partial charge in [0.15, 0.2) is 0 Å². The van der Waals surface area contributed by atoms with Crippen molar-refractivity contribution in [3.63, 3.8) is 0 Å². The number of aromatic nitrogens is 1. The summed E-state index contributed by atoms with van der Waals surface area (Å²) in [5.41, 5.74) is 1.26. The average Bonchev–Trinajstić information content (AvgIpc) is 2.46. The molecule has 0 saturated carbocycles. The van der Waals surface area contributed by atoms with Gasteiger partial charge in [-0.2, -0.15) is 0 Å². The second-order valence-electron chi connectivity index (χ2n) is 3.87. The maximum absolute atomic E-state index is 12.0. The lowest BCUT2D eigenvalue weighted by molar-refractivity contribution is 0.112. The zero-order chi connectivity index (χ0) is 13.7. The molecule has 0 fully saturated rings. The quantitative estimate of drug-likeness (QED) is 0.837. The minimum absolute atomic E-state index is 0.132. The number of pyridine rings is 1. The van der Waals surface area contributed by atoms with Crippen LogP contribution in [0.25, 0.3) is 0 Å². The highest BCUT2D eigenvalue weighted by atomic mass is 32.2. The van der Waals surface area contributed by atoms with Gasteiger partial charge < -0.3 is 0 Å². The van der Waals surface area contributed by atoms with Gasteiger partial charge in [0.05, 0.1) is 4.90 Å². The fourth-order valence-corrected chi connectivity index (χ4v) is 2.51. The number of benzene rings is 1. The maximum Gasteiger partial charge on any atom is 0.240 e. The summed E-state index contributed by atoms with van der Waals surface area (Å²) < 4.78 is 26.5. The van der Waals surface area contributed by atoms with Crippen LogP contribution >= 0.6 is 0 Å². The molecule has 0 spiro atoms. The van der Waals surface area contributed by atoms with Crippen LogP contribution in [0.1, 0.15) is 15.9 Å². The van der Waals surface area contributed by atoms with E-state index in [9.17, 15) is 13.2 Å². The Labute approximate surface area is 111 Å². The molecule has 0 bridgehead atoms. The van der Waals surface area contributed by atoms with E-state index >= 15 is 0 Å². The largest absolute Gasteiger partial charge is 0.298 e. The summed E-state index contributed by atoms with van der Waals surface area (Å²) >= 11 is 0. The van der Waals surface area contributed by atoms with Crippen molar-refractivity contribution in [2.24, 2.45) is 0 Å². The number of hydrogen-bond donors (Lipinski definition) is 1. The molecule has 0 aliphatic heterocycles. The normalized spacial score (nSPS) is 11.2. The summed E-state index contributed by atoms with van der Waals surface area (Å²) in [5.74, 6) is 0. The van der Waals surface area contributed by atoms with Crippen molar-refractivity contribution in [2.75, 3.05) is 0 Å². The van der Waals surface area contributed by atoms with E-state index in [0.717, 1.165) is 5.56 Å². The summed E-state index contributed by atoms with van der Waals surface area (Å²) in [4.78, 5) is 14.5. The van der Waals surface area contributed by atoms with Crippen molar-refractivity contribution < 1.29 is 13.2 Å². The predicted octanol–water partition coefficient (Wildman–Crippen LogP) is 1.37. The molecule has 0 unspecified atom stereocenters. The smallest absolute Gasteiger partial charge is 0.240 e. The van der Waals surface area contributed by atoms with Gasteiger partial charge in [-0.1, -0.05) is 12.1 Å². The lowest BCUT2D eigenvalue weighted by Crippen LogP contribution is -2.23. The first kappa shape index (κ1) is 13.4. The fourth-order valence-electron chi connectivity index (χ4n) is 1.49. The van der Waals surface area contributed by atoms with Gasteiger partial charge in [0.1, 0.15) is 6.29 Å². The number of carbonyl (C=O) groups excluding carboxylic acids is 1. The highest BCUT2D eigenvalue weighted by Crippen LogP contribution is 2.10. The van der Waals surface area contributed by atoms with Gasteiger partial charge in [-0.3, -0.25) is 9.78 Å².